The van der Waals surface area contributed by atoms with Crippen molar-refractivity contribution >= 4 is 52.1 Å². The first kappa shape index (κ1) is 23.2. The van der Waals surface area contributed by atoms with Crippen LogP contribution < -0.4 is 20.7 Å². The first-order chi connectivity index (χ1) is 15.3. The highest BCUT2D eigenvalue weighted by Crippen LogP contribution is 2.24. The van der Waals surface area contributed by atoms with Crippen molar-refractivity contribution in [2.75, 3.05) is 10.6 Å². The highest BCUT2D eigenvalue weighted by Gasteiger charge is 2.16. The van der Waals surface area contributed by atoms with E-state index in [4.69, 9.17) is 28.6 Å². The fourth-order valence-electron chi connectivity index (χ4n) is 2.60. The molecular formula is C23H19ClFN3O3S. The van der Waals surface area contributed by atoms with Gasteiger partial charge < -0.3 is 15.4 Å². The lowest BCUT2D eigenvalue weighted by molar-refractivity contribution is -0.122. The van der Waals surface area contributed by atoms with Gasteiger partial charge in [-0.2, -0.15) is 0 Å². The summed E-state index contributed by atoms with van der Waals surface area (Å²) in [5, 5.41) is 8.64. The Balaban J connectivity index is 1.51. The van der Waals surface area contributed by atoms with E-state index in [0.717, 1.165) is 0 Å². The molecule has 0 saturated heterocycles. The third-order valence-electron chi connectivity index (χ3n) is 4.25. The molecule has 0 fully saturated rings. The Morgan fingerprint density at radius 3 is 2.16 bits per heavy atom. The number of hydrogen-bond donors (Lipinski definition) is 3. The molecule has 6 nitrogen and oxygen atoms in total. The Morgan fingerprint density at radius 1 is 0.938 bits per heavy atom. The van der Waals surface area contributed by atoms with Gasteiger partial charge in [0.2, 0.25) is 0 Å². The van der Waals surface area contributed by atoms with E-state index in [1.54, 1.807) is 55.5 Å². The zero-order valence-corrected chi connectivity index (χ0v) is 18.5. The van der Waals surface area contributed by atoms with Crippen molar-refractivity contribution in [2.45, 2.75) is 13.0 Å². The van der Waals surface area contributed by atoms with Crippen LogP contribution in [0.4, 0.5) is 15.8 Å². The van der Waals surface area contributed by atoms with Crippen molar-refractivity contribution in [1.82, 2.24) is 5.32 Å². The number of halogens is 2. The zero-order valence-electron chi connectivity index (χ0n) is 16.9. The summed E-state index contributed by atoms with van der Waals surface area (Å²) in [6, 6.07) is 18.7. The molecule has 0 aliphatic rings. The van der Waals surface area contributed by atoms with Crippen molar-refractivity contribution < 1.29 is 18.7 Å². The van der Waals surface area contributed by atoms with Gasteiger partial charge in [-0.1, -0.05) is 23.7 Å². The van der Waals surface area contributed by atoms with Gasteiger partial charge in [0.1, 0.15) is 11.6 Å². The molecule has 0 aromatic heterocycles. The van der Waals surface area contributed by atoms with Crippen LogP contribution in [0.15, 0.2) is 72.8 Å². The lowest BCUT2D eigenvalue weighted by Gasteiger charge is -2.16. The van der Waals surface area contributed by atoms with E-state index in [1.807, 2.05) is 0 Å². The second-order valence-electron chi connectivity index (χ2n) is 6.67. The predicted molar refractivity (Wildman–Crippen MR) is 127 cm³/mol. The topological polar surface area (TPSA) is 79.5 Å². The second kappa shape index (κ2) is 10.7. The standard InChI is InChI=1S/C23H19ClFN3O3S/c1-14(31-20-5-3-2-4-19(20)24)21(29)26-17-10-12-18(13-11-17)27-23(32)28-22(30)15-6-8-16(25)9-7-15/h2-14H,1H3,(H,26,29)(H2,27,28,30,32). The number of benzene rings is 3. The maximum atomic E-state index is 13.0. The quantitative estimate of drug-likeness (QED) is 0.440. The average molecular weight is 472 g/mol. The minimum Gasteiger partial charge on any atom is -0.479 e. The molecule has 3 N–H and O–H groups in total. The maximum Gasteiger partial charge on any atom is 0.265 e. The van der Waals surface area contributed by atoms with E-state index in [0.29, 0.717) is 22.1 Å². The lowest BCUT2D eigenvalue weighted by atomic mass is 10.2. The Kier molecular flexibility index (Phi) is 7.75. The number of thiocarbonyl (C=S) groups is 1. The van der Waals surface area contributed by atoms with Crippen molar-refractivity contribution in [2.24, 2.45) is 0 Å². The van der Waals surface area contributed by atoms with E-state index < -0.39 is 17.8 Å². The van der Waals surface area contributed by atoms with Crippen LogP contribution in [0.25, 0.3) is 0 Å². The van der Waals surface area contributed by atoms with Gasteiger partial charge in [0.15, 0.2) is 11.2 Å². The van der Waals surface area contributed by atoms with Crippen LogP contribution in [-0.4, -0.2) is 23.0 Å². The molecule has 9 heteroatoms. The summed E-state index contributed by atoms with van der Waals surface area (Å²) < 4.78 is 18.6. The molecular weight excluding hydrogens is 453 g/mol. The Bertz CT molecular complexity index is 1120. The smallest absolute Gasteiger partial charge is 0.265 e. The van der Waals surface area contributed by atoms with Gasteiger partial charge in [-0.25, -0.2) is 4.39 Å². The van der Waals surface area contributed by atoms with E-state index in [1.165, 1.54) is 24.3 Å². The number of carbonyl (C=O) groups is 2. The molecule has 1 atom stereocenters. The Morgan fingerprint density at radius 2 is 1.53 bits per heavy atom. The number of para-hydroxylation sites is 1. The van der Waals surface area contributed by atoms with Gasteiger partial charge in [0, 0.05) is 16.9 Å². The summed E-state index contributed by atoms with van der Waals surface area (Å²) in [5.41, 5.74) is 1.44. The summed E-state index contributed by atoms with van der Waals surface area (Å²) in [6.07, 6.45) is -0.762. The molecule has 3 rings (SSSR count). The predicted octanol–water partition coefficient (Wildman–Crippen LogP) is 5.01. The molecule has 0 heterocycles. The Labute approximate surface area is 194 Å². The third kappa shape index (κ3) is 6.50. The summed E-state index contributed by atoms with van der Waals surface area (Å²) in [5.74, 6) is -0.807. The maximum absolute atomic E-state index is 13.0. The van der Waals surface area contributed by atoms with Crippen molar-refractivity contribution in [1.29, 1.82) is 0 Å². The molecule has 2 amide bonds. The Hall–Kier alpha value is -3.49. The molecule has 0 spiro atoms. The number of rotatable bonds is 6. The molecule has 1 unspecified atom stereocenters. The molecule has 0 aliphatic heterocycles. The first-order valence-corrected chi connectivity index (χ1v) is 10.3. The number of anilines is 2. The number of hydrogen-bond acceptors (Lipinski definition) is 4. The molecule has 0 radical (unpaired) electrons. The third-order valence-corrected chi connectivity index (χ3v) is 4.77. The second-order valence-corrected chi connectivity index (χ2v) is 7.49. The van der Waals surface area contributed by atoms with Crippen LogP contribution >= 0.6 is 23.8 Å². The van der Waals surface area contributed by atoms with Crippen LogP contribution in [0.2, 0.25) is 5.02 Å². The van der Waals surface area contributed by atoms with E-state index >= 15 is 0 Å². The van der Waals surface area contributed by atoms with Crippen molar-refractivity contribution in [3.05, 3.63) is 89.2 Å². The summed E-state index contributed by atoms with van der Waals surface area (Å²) in [6.45, 7) is 1.62. The fourth-order valence-corrected chi connectivity index (χ4v) is 2.99. The number of amides is 2. The molecule has 0 saturated carbocycles. The minimum atomic E-state index is -0.762. The largest absolute Gasteiger partial charge is 0.479 e. The summed E-state index contributed by atoms with van der Waals surface area (Å²) in [7, 11) is 0. The lowest BCUT2D eigenvalue weighted by Crippen LogP contribution is -2.34. The first-order valence-electron chi connectivity index (χ1n) is 9.52. The SMILES string of the molecule is CC(Oc1ccccc1Cl)C(=O)Nc1ccc(NC(=S)NC(=O)c2ccc(F)cc2)cc1. The van der Waals surface area contributed by atoms with Gasteiger partial charge in [0.05, 0.1) is 5.02 Å². The van der Waals surface area contributed by atoms with Gasteiger partial charge in [-0.15, -0.1) is 0 Å². The van der Waals surface area contributed by atoms with E-state index in [-0.39, 0.29) is 16.6 Å². The van der Waals surface area contributed by atoms with Crippen LogP contribution in [0.5, 0.6) is 5.75 Å². The highest BCUT2D eigenvalue weighted by molar-refractivity contribution is 7.80. The summed E-state index contributed by atoms with van der Waals surface area (Å²) in [4.78, 5) is 24.5. The summed E-state index contributed by atoms with van der Waals surface area (Å²) >= 11 is 11.2. The van der Waals surface area contributed by atoms with Crippen LogP contribution in [-0.2, 0) is 4.79 Å². The van der Waals surface area contributed by atoms with E-state index in [2.05, 4.69) is 16.0 Å². The minimum absolute atomic E-state index is 0.0814. The normalized spacial score (nSPS) is 11.2. The molecule has 3 aromatic carbocycles. The van der Waals surface area contributed by atoms with Gasteiger partial charge in [0.25, 0.3) is 11.8 Å². The molecule has 0 aliphatic carbocycles. The van der Waals surface area contributed by atoms with Gasteiger partial charge in [-0.05, 0) is 79.8 Å². The zero-order chi connectivity index (χ0) is 23.1. The number of ether oxygens (including phenoxy) is 1. The molecule has 3 aromatic rings. The molecule has 164 valence electrons. The van der Waals surface area contributed by atoms with Crippen LogP contribution in [0, 0.1) is 5.82 Å². The fraction of sp³-hybridized carbons (Fsp3) is 0.0870. The molecule has 32 heavy (non-hydrogen) atoms. The van der Waals surface area contributed by atoms with Crippen molar-refractivity contribution in [3.8, 4) is 5.75 Å². The van der Waals surface area contributed by atoms with Gasteiger partial charge in [-0.3, -0.25) is 14.9 Å². The van der Waals surface area contributed by atoms with Crippen LogP contribution in [0.1, 0.15) is 17.3 Å². The number of carbonyl (C=O) groups excluding carboxylic acids is 2. The van der Waals surface area contributed by atoms with Gasteiger partial charge >= 0.3 is 0 Å². The number of nitrogens with one attached hydrogen (secondary N) is 3. The van der Waals surface area contributed by atoms with Crippen LogP contribution in [0.3, 0.4) is 0 Å². The highest BCUT2D eigenvalue weighted by atomic mass is 35.5. The van der Waals surface area contributed by atoms with Crippen molar-refractivity contribution in [3.63, 3.8) is 0 Å². The monoisotopic (exact) mass is 471 g/mol. The average Bonchev–Trinajstić information content (AvgIpc) is 2.77. The van der Waals surface area contributed by atoms with E-state index in [9.17, 15) is 14.0 Å². The molecule has 0 bridgehead atoms.